The van der Waals surface area contributed by atoms with Gasteiger partial charge >= 0.3 is 0 Å². The molecule has 5 aliphatic heterocycles. The first kappa shape index (κ1) is 26.6. The molecule has 8 heteroatoms. The number of nitrogens with one attached hydrogen (secondary N) is 1. The van der Waals surface area contributed by atoms with Crippen LogP contribution in [0.25, 0.3) is 10.8 Å². The number of hydrogen-bond acceptors (Lipinski definition) is 8. The van der Waals surface area contributed by atoms with Crippen molar-refractivity contribution < 1.29 is 9.84 Å². The number of hydrogen-bond donors (Lipinski definition) is 2. The molecule has 5 aliphatic rings. The normalized spacial score (nSPS) is 24.0. The Morgan fingerprint density at radius 1 is 1.09 bits per heavy atom. The van der Waals surface area contributed by atoms with E-state index in [0.29, 0.717) is 36.7 Å². The summed E-state index contributed by atoms with van der Waals surface area (Å²) < 4.78 is 6.67. The molecule has 220 valence electrons. The van der Waals surface area contributed by atoms with Crippen LogP contribution in [0.2, 0.25) is 0 Å². The number of terminal acetylenes is 1. The molecule has 4 saturated heterocycles. The van der Waals surface area contributed by atoms with Crippen molar-refractivity contribution in [2.24, 2.45) is 0 Å². The molecule has 0 amide bonds. The van der Waals surface area contributed by atoms with Gasteiger partial charge in [0.15, 0.2) is 0 Å². The van der Waals surface area contributed by atoms with Crippen molar-refractivity contribution in [1.29, 1.82) is 5.26 Å². The lowest BCUT2D eigenvalue weighted by atomic mass is 9.93. The van der Waals surface area contributed by atoms with Gasteiger partial charge in [0.05, 0.1) is 5.54 Å². The maximum atomic E-state index is 10.7. The topological polar surface area (TPSA) is 87.9 Å². The Bertz CT molecular complexity index is 1660. The van der Waals surface area contributed by atoms with Crippen molar-refractivity contribution >= 4 is 22.3 Å². The monoisotopic (exact) mass is 574 g/mol. The zero-order valence-electron chi connectivity index (χ0n) is 24.6. The van der Waals surface area contributed by atoms with E-state index in [9.17, 15) is 10.4 Å². The summed E-state index contributed by atoms with van der Waals surface area (Å²) in [6.45, 7) is 6.02. The van der Waals surface area contributed by atoms with Crippen molar-refractivity contribution in [3.8, 4) is 30.0 Å². The summed E-state index contributed by atoms with van der Waals surface area (Å²) in [6.07, 6.45) is 13.7. The van der Waals surface area contributed by atoms with Crippen molar-refractivity contribution in [2.45, 2.75) is 69.1 Å². The molecule has 1 aromatic heterocycles. The standard InChI is InChI=1S/C35H38N6O2/c1-2-23-6-3-7-24-16-27(42)17-31(32(23)24)39-15-10-28-30(21-39)29(18-36)34(43-22-35-11-4-13-40(35)14-5-12-35)38-33(28)41-25-8-9-26(41)20-37-19-25/h1,3,6-7,16-17,25-26,37,42H,4-5,8-15,19-22H2/t25-,26+. The van der Waals surface area contributed by atoms with Crippen LogP contribution >= 0.6 is 0 Å². The number of phenols is 1. The van der Waals surface area contributed by atoms with Crippen LogP contribution in [-0.4, -0.2) is 71.9 Å². The highest BCUT2D eigenvalue weighted by Crippen LogP contribution is 2.44. The number of aromatic nitrogens is 1. The Balaban J connectivity index is 1.23. The van der Waals surface area contributed by atoms with Crippen LogP contribution < -0.4 is 19.9 Å². The quantitative estimate of drug-likeness (QED) is 0.436. The van der Waals surface area contributed by atoms with E-state index in [-0.39, 0.29) is 11.3 Å². The predicted octanol–water partition coefficient (Wildman–Crippen LogP) is 4.30. The Labute approximate surface area is 253 Å². The number of pyridine rings is 1. The van der Waals surface area contributed by atoms with Gasteiger partial charge in [-0.1, -0.05) is 18.1 Å². The summed E-state index contributed by atoms with van der Waals surface area (Å²) >= 11 is 0. The molecule has 0 radical (unpaired) electrons. The Hall–Kier alpha value is -3.98. The second-order valence-electron chi connectivity index (χ2n) is 13.0. The van der Waals surface area contributed by atoms with Gasteiger partial charge in [0.1, 0.15) is 29.8 Å². The van der Waals surface area contributed by atoms with Gasteiger partial charge in [-0.2, -0.15) is 10.2 Å². The summed E-state index contributed by atoms with van der Waals surface area (Å²) in [5.41, 5.74) is 4.47. The molecule has 4 fully saturated rings. The lowest BCUT2D eigenvalue weighted by Gasteiger charge is -2.40. The predicted molar refractivity (Wildman–Crippen MR) is 168 cm³/mol. The summed E-state index contributed by atoms with van der Waals surface area (Å²) in [4.78, 5) is 12.6. The molecule has 2 atom stereocenters. The lowest BCUT2D eigenvalue weighted by Crippen LogP contribution is -2.53. The van der Waals surface area contributed by atoms with Crippen LogP contribution in [-0.2, 0) is 13.0 Å². The van der Waals surface area contributed by atoms with E-state index in [2.05, 4.69) is 32.0 Å². The van der Waals surface area contributed by atoms with Crippen molar-refractivity contribution in [1.82, 2.24) is 15.2 Å². The molecule has 2 N–H and O–H groups in total. The van der Waals surface area contributed by atoms with E-state index < -0.39 is 0 Å². The first-order valence-corrected chi connectivity index (χ1v) is 15.9. The van der Waals surface area contributed by atoms with E-state index >= 15 is 0 Å². The second-order valence-corrected chi connectivity index (χ2v) is 13.0. The van der Waals surface area contributed by atoms with Crippen LogP contribution in [0.4, 0.5) is 11.5 Å². The maximum absolute atomic E-state index is 10.7. The smallest absolute Gasteiger partial charge is 0.234 e. The Morgan fingerprint density at radius 2 is 1.88 bits per heavy atom. The third kappa shape index (κ3) is 4.23. The summed E-state index contributed by atoms with van der Waals surface area (Å²) in [7, 11) is 0. The van der Waals surface area contributed by atoms with Crippen molar-refractivity contribution in [3.63, 3.8) is 0 Å². The number of fused-ring (bicyclic) bond motifs is 5. The number of phenolic OH excluding ortho intramolecular Hbond substituents is 1. The first-order valence-electron chi connectivity index (χ1n) is 15.9. The number of ether oxygens (including phenoxy) is 1. The fraction of sp³-hybridized carbons (Fsp3) is 0.486. The molecule has 6 heterocycles. The summed E-state index contributed by atoms with van der Waals surface area (Å²) in [5, 5.41) is 26.8. The molecule has 8 rings (SSSR count). The SMILES string of the molecule is C#Cc1cccc2cc(O)cc(N3CCc4c(N5[C@@H]6CC[C@H]5CNC6)nc(OCC56CCCN5CCC6)c(C#N)c4C3)c12. The molecular formula is C35H38N6O2. The summed E-state index contributed by atoms with van der Waals surface area (Å²) in [5.74, 6) is 4.54. The summed E-state index contributed by atoms with van der Waals surface area (Å²) in [6, 6.07) is 12.8. The second kappa shape index (κ2) is 10.3. The number of aromatic hydroxyl groups is 1. The van der Waals surface area contributed by atoms with Crippen LogP contribution in [0.3, 0.4) is 0 Å². The number of nitriles is 1. The number of anilines is 2. The van der Waals surface area contributed by atoms with Crippen LogP contribution in [0.15, 0.2) is 30.3 Å². The number of piperazine rings is 1. The zero-order chi connectivity index (χ0) is 29.1. The highest BCUT2D eigenvalue weighted by atomic mass is 16.5. The van der Waals surface area contributed by atoms with Gasteiger partial charge in [-0.15, -0.1) is 6.42 Å². The molecular weight excluding hydrogens is 536 g/mol. The average molecular weight is 575 g/mol. The third-order valence-electron chi connectivity index (χ3n) is 10.8. The average Bonchev–Trinajstić information content (AvgIpc) is 3.68. The largest absolute Gasteiger partial charge is 0.508 e. The highest BCUT2D eigenvalue weighted by molar-refractivity contribution is 6.00. The minimum Gasteiger partial charge on any atom is -0.508 e. The number of rotatable bonds is 5. The molecule has 0 saturated carbocycles. The van der Waals surface area contributed by atoms with Crippen molar-refractivity contribution in [3.05, 3.63) is 52.6 Å². The van der Waals surface area contributed by atoms with Gasteiger partial charge in [-0.3, -0.25) is 4.90 Å². The molecule has 2 aromatic carbocycles. The molecule has 0 aliphatic carbocycles. The molecule has 2 bridgehead atoms. The third-order valence-corrected chi connectivity index (χ3v) is 10.8. The van der Waals surface area contributed by atoms with Gasteiger partial charge in [0.25, 0.3) is 0 Å². The van der Waals surface area contributed by atoms with Gasteiger partial charge in [-0.05, 0) is 75.6 Å². The maximum Gasteiger partial charge on any atom is 0.234 e. The molecule has 8 nitrogen and oxygen atoms in total. The molecule has 0 spiro atoms. The van der Waals surface area contributed by atoms with Gasteiger partial charge in [0.2, 0.25) is 5.88 Å². The van der Waals surface area contributed by atoms with Crippen LogP contribution in [0.5, 0.6) is 11.6 Å². The van der Waals surface area contributed by atoms with Gasteiger partial charge < -0.3 is 25.0 Å². The van der Waals surface area contributed by atoms with E-state index in [4.69, 9.17) is 16.1 Å². The van der Waals surface area contributed by atoms with E-state index in [1.54, 1.807) is 6.07 Å². The molecule has 3 aromatic rings. The lowest BCUT2D eigenvalue weighted by molar-refractivity contribution is 0.110. The van der Waals surface area contributed by atoms with Crippen molar-refractivity contribution in [2.75, 3.05) is 49.1 Å². The number of nitrogens with zero attached hydrogens (tertiary/aromatic N) is 5. The van der Waals surface area contributed by atoms with Crippen LogP contribution in [0, 0.1) is 23.7 Å². The Kier molecular flexibility index (Phi) is 6.40. The fourth-order valence-corrected chi connectivity index (χ4v) is 8.77. The minimum absolute atomic E-state index is 0.0662. The van der Waals surface area contributed by atoms with E-state index in [1.807, 2.05) is 24.3 Å². The first-order chi connectivity index (χ1) is 21.1. The molecule has 0 unspecified atom stereocenters. The van der Waals surface area contributed by atoms with E-state index in [1.165, 1.54) is 18.4 Å². The van der Waals surface area contributed by atoms with Crippen LogP contribution in [0.1, 0.15) is 60.8 Å². The van der Waals surface area contributed by atoms with Gasteiger partial charge in [0, 0.05) is 72.1 Å². The van der Waals surface area contributed by atoms with Gasteiger partial charge in [-0.25, -0.2) is 0 Å². The highest BCUT2D eigenvalue weighted by Gasteiger charge is 2.46. The minimum atomic E-state index is 0.0662. The fourth-order valence-electron chi connectivity index (χ4n) is 8.77. The Morgan fingerprint density at radius 3 is 2.63 bits per heavy atom. The molecule has 43 heavy (non-hydrogen) atoms. The van der Waals surface area contributed by atoms with E-state index in [0.717, 1.165) is 98.2 Å². The zero-order valence-corrected chi connectivity index (χ0v) is 24.6. The number of benzene rings is 2.